The molecule has 2 saturated heterocycles. The van der Waals surface area contributed by atoms with Gasteiger partial charge in [-0.25, -0.2) is 4.98 Å². The highest BCUT2D eigenvalue weighted by molar-refractivity contribution is 5.97. The molecule has 0 saturated carbocycles. The molecule has 0 spiro atoms. The van der Waals surface area contributed by atoms with Gasteiger partial charge in [0.05, 0.1) is 5.69 Å². The van der Waals surface area contributed by atoms with Crippen LogP contribution < -0.4 is 0 Å². The summed E-state index contributed by atoms with van der Waals surface area (Å²) in [5, 5.41) is 0. The van der Waals surface area contributed by atoms with Gasteiger partial charge < -0.3 is 19.3 Å². The van der Waals surface area contributed by atoms with Crippen molar-refractivity contribution in [2.45, 2.75) is 45.6 Å². The number of rotatable bonds is 2. The Balaban J connectivity index is 1.58. The highest BCUT2D eigenvalue weighted by Crippen LogP contribution is 2.24. The minimum atomic E-state index is -0.123. The summed E-state index contributed by atoms with van der Waals surface area (Å²) in [6, 6.07) is 0. The molecule has 8 nitrogen and oxygen atoms in total. The highest BCUT2D eigenvalue weighted by atomic mass is 16.2. The lowest BCUT2D eigenvalue weighted by molar-refractivity contribution is -0.130. The Labute approximate surface area is 159 Å². The van der Waals surface area contributed by atoms with Gasteiger partial charge in [-0.2, -0.15) is 0 Å². The number of imidazole rings is 1. The number of nitrogens with zero attached hydrogens (tertiary/aromatic N) is 5. The van der Waals surface area contributed by atoms with Crippen LogP contribution in [0, 0.1) is 0 Å². The Bertz CT molecular complexity index is 758. The first kappa shape index (κ1) is 18.0. The minimum absolute atomic E-state index is 0.0291. The van der Waals surface area contributed by atoms with E-state index in [1.807, 2.05) is 9.47 Å². The fraction of sp³-hybridized carbons (Fsp3) is 0.684. The molecule has 4 heterocycles. The largest absolute Gasteiger partial charge is 0.339 e. The quantitative estimate of drug-likeness (QED) is 0.767. The van der Waals surface area contributed by atoms with E-state index in [0.29, 0.717) is 37.7 Å². The number of carbonyl (C=O) groups is 3. The maximum Gasteiger partial charge on any atom is 0.290 e. The monoisotopic (exact) mass is 373 g/mol. The number of amides is 3. The summed E-state index contributed by atoms with van der Waals surface area (Å²) in [6.07, 6.45) is 4.89. The number of likely N-dealkylation sites (tertiary alicyclic amines) is 1. The molecule has 0 aromatic carbocycles. The summed E-state index contributed by atoms with van der Waals surface area (Å²) in [5.74, 6) is 0.280. The summed E-state index contributed by atoms with van der Waals surface area (Å²) in [4.78, 5) is 47.5. The SMILES string of the molecule is CC(=O)N1CCN(C(=O)c2nc(C(=O)N3CCCC3)c3n2CCCC3)CC1. The van der Waals surface area contributed by atoms with Crippen LogP contribution in [0.25, 0.3) is 0 Å². The summed E-state index contributed by atoms with van der Waals surface area (Å²) in [6.45, 7) is 5.97. The molecule has 0 radical (unpaired) electrons. The summed E-state index contributed by atoms with van der Waals surface area (Å²) in [5.41, 5.74) is 1.39. The van der Waals surface area contributed by atoms with Gasteiger partial charge in [-0.3, -0.25) is 14.4 Å². The van der Waals surface area contributed by atoms with Gasteiger partial charge in [-0.15, -0.1) is 0 Å². The molecule has 2 fully saturated rings. The summed E-state index contributed by atoms with van der Waals surface area (Å²) < 4.78 is 1.96. The molecule has 3 amide bonds. The lowest BCUT2D eigenvalue weighted by Crippen LogP contribution is -2.50. The molecule has 0 N–H and O–H groups in total. The fourth-order valence-electron chi connectivity index (χ4n) is 4.31. The topological polar surface area (TPSA) is 78.8 Å². The summed E-state index contributed by atoms with van der Waals surface area (Å²) >= 11 is 0. The van der Waals surface area contributed by atoms with Crippen LogP contribution in [0.15, 0.2) is 0 Å². The third-order valence-corrected chi connectivity index (χ3v) is 5.92. The Kier molecular flexibility index (Phi) is 4.88. The van der Waals surface area contributed by atoms with Gasteiger partial charge >= 0.3 is 0 Å². The van der Waals surface area contributed by atoms with E-state index in [9.17, 15) is 14.4 Å². The van der Waals surface area contributed by atoms with Gasteiger partial charge in [0.25, 0.3) is 11.8 Å². The second-order valence-electron chi connectivity index (χ2n) is 7.64. The van der Waals surface area contributed by atoms with E-state index in [-0.39, 0.29) is 17.7 Å². The summed E-state index contributed by atoms with van der Waals surface area (Å²) in [7, 11) is 0. The third-order valence-electron chi connectivity index (χ3n) is 5.92. The Morgan fingerprint density at radius 2 is 1.33 bits per heavy atom. The molecular formula is C19H27N5O3. The molecule has 4 rings (SSSR count). The van der Waals surface area contributed by atoms with Crippen LogP contribution in [0.3, 0.4) is 0 Å². The molecule has 1 aromatic rings. The van der Waals surface area contributed by atoms with Gasteiger partial charge in [0.2, 0.25) is 5.91 Å². The maximum absolute atomic E-state index is 13.1. The van der Waals surface area contributed by atoms with Crippen LogP contribution in [-0.2, 0) is 17.8 Å². The molecular weight excluding hydrogens is 346 g/mol. The van der Waals surface area contributed by atoms with Crippen molar-refractivity contribution in [1.82, 2.24) is 24.3 Å². The van der Waals surface area contributed by atoms with E-state index in [4.69, 9.17) is 0 Å². The van der Waals surface area contributed by atoms with Crippen LogP contribution >= 0.6 is 0 Å². The number of hydrogen-bond acceptors (Lipinski definition) is 4. The molecule has 1 aromatic heterocycles. The Morgan fingerprint density at radius 1 is 0.741 bits per heavy atom. The van der Waals surface area contributed by atoms with Gasteiger partial charge in [0.15, 0.2) is 5.82 Å². The Morgan fingerprint density at radius 3 is 2.00 bits per heavy atom. The van der Waals surface area contributed by atoms with Crippen molar-refractivity contribution in [3.05, 3.63) is 17.2 Å². The molecule has 146 valence electrons. The fourth-order valence-corrected chi connectivity index (χ4v) is 4.31. The predicted octanol–water partition coefficient (Wildman–Crippen LogP) is 0.760. The van der Waals surface area contributed by atoms with E-state index >= 15 is 0 Å². The number of carbonyl (C=O) groups excluding carboxylic acids is 3. The third kappa shape index (κ3) is 3.33. The molecule has 3 aliphatic rings. The average Bonchev–Trinajstić information content (AvgIpc) is 3.35. The highest BCUT2D eigenvalue weighted by Gasteiger charge is 2.33. The van der Waals surface area contributed by atoms with E-state index < -0.39 is 0 Å². The molecule has 0 aliphatic carbocycles. The molecule has 27 heavy (non-hydrogen) atoms. The zero-order chi connectivity index (χ0) is 19.0. The van der Waals surface area contributed by atoms with Crippen molar-refractivity contribution in [3.8, 4) is 0 Å². The van der Waals surface area contributed by atoms with Crippen molar-refractivity contribution < 1.29 is 14.4 Å². The maximum atomic E-state index is 13.1. The van der Waals surface area contributed by atoms with Crippen molar-refractivity contribution in [1.29, 1.82) is 0 Å². The lowest BCUT2D eigenvalue weighted by Gasteiger charge is -2.34. The predicted molar refractivity (Wildman–Crippen MR) is 98.5 cm³/mol. The first-order valence-corrected chi connectivity index (χ1v) is 9.99. The van der Waals surface area contributed by atoms with E-state index in [2.05, 4.69) is 4.98 Å². The molecule has 0 bridgehead atoms. The number of hydrogen-bond donors (Lipinski definition) is 0. The second kappa shape index (κ2) is 7.32. The number of piperazine rings is 1. The standard InChI is InChI=1S/C19H27N5O3/c1-14(25)21-10-12-23(13-11-21)19(27)17-20-16(15-6-2-3-9-24(15)17)18(26)22-7-4-5-8-22/h2-13H2,1H3. The van der Waals surface area contributed by atoms with Crippen LogP contribution in [0.1, 0.15) is 59.4 Å². The lowest BCUT2D eigenvalue weighted by atomic mass is 10.1. The average molecular weight is 373 g/mol. The van der Waals surface area contributed by atoms with E-state index in [1.54, 1.807) is 16.7 Å². The smallest absolute Gasteiger partial charge is 0.290 e. The van der Waals surface area contributed by atoms with Crippen molar-refractivity contribution in [2.75, 3.05) is 39.3 Å². The van der Waals surface area contributed by atoms with Crippen molar-refractivity contribution >= 4 is 17.7 Å². The van der Waals surface area contributed by atoms with Crippen LogP contribution in [0.2, 0.25) is 0 Å². The van der Waals surface area contributed by atoms with Gasteiger partial charge in [-0.1, -0.05) is 0 Å². The van der Waals surface area contributed by atoms with E-state index in [1.165, 1.54) is 0 Å². The molecule has 0 atom stereocenters. The van der Waals surface area contributed by atoms with Gasteiger partial charge in [0, 0.05) is 52.7 Å². The Hall–Kier alpha value is -2.38. The first-order valence-electron chi connectivity index (χ1n) is 9.99. The van der Waals surface area contributed by atoms with Crippen LogP contribution in [-0.4, -0.2) is 81.2 Å². The van der Waals surface area contributed by atoms with Crippen molar-refractivity contribution in [3.63, 3.8) is 0 Å². The molecule has 8 heteroatoms. The first-order chi connectivity index (χ1) is 13.1. The number of aromatic nitrogens is 2. The number of fused-ring (bicyclic) bond motifs is 1. The minimum Gasteiger partial charge on any atom is -0.339 e. The zero-order valence-corrected chi connectivity index (χ0v) is 15.9. The van der Waals surface area contributed by atoms with Crippen molar-refractivity contribution in [2.24, 2.45) is 0 Å². The van der Waals surface area contributed by atoms with Crippen LogP contribution in [0.5, 0.6) is 0 Å². The molecule has 0 unspecified atom stereocenters. The van der Waals surface area contributed by atoms with Crippen LogP contribution in [0.4, 0.5) is 0 Å². The normalized spacial score (nSPS) is 20.0. The zero-order valence-electron chi connectivity index (χ0n) is 15.9. The molecule has 3 aliphatic heterocycles. The van der Waals surface area contributed by atoms with E-state index in [0.717, 1.165) is 57.4 Å². The van der Waals surface area contributed by atoms with Gasteiger partial charge in [0.1, 0.15) is 5.69 Å². The van der Waals surface area contributed by atoms with Gasteiger partial charge in [-0.05, 0) is 32.1 Å². The second-order valence-corrected chi connectivity index (χ2v) is 7.64.